The van der Waals surface area contributed by atoms with Crippen LogP contribution in [0.15, 0.2) is 23.4 Å². The van der Waals surface area contributed by atoms with Crippen LogP contribution < -0.4 is 0 Å². The molecule has 0 bridgehead atoms. The number of ether oxygens (including phenoxy) is 1. The molecule has 1 unspecified atom stereocenters. The number of thioether (sulfide) groups is 1. The average Bonchev–Trinajstić information content (AvgIpc) is 2.82. The Morgan fingerprint density at radius 3 is 3.22 bits per heavy atom. The molecule has 2 rings (SSSR count). The van der Waals surface area contributed by atoms with E-state index in [2.05, 4.69) is 36.9 Å². The lowest BCUT2D eigenvalue weighted by atomic mass is 10.4. The second-order valence-corrected chi connectivity index (χ2v) is 6.54. The molecule has 18 heavy (non-hydrogen) atoms. The lowest BCUT2D eigenvalue weighted by molar-refractivity contribution is -0.140. The van der Waals surface area contributed by atoms with E-state index in [-0.39, 0.29) is 5.97 Å². The fourth-order valence-electron chi connectivity index (χ4n) is 1.44. The maximum Gasteiger partial charge on any atom is 0.306 e. The van der Waals surface area contributed by atoms with Gasteiger partial charge in [-0.1, -0.05) is 0 Å². The molecule has 2 aromatic heterocycles. The lowest BCUT2D eigenvalue weighted by Crippen LogP contribution is -2.00. The zero-order valence-corrected chi connectivity index (χ0v) is 13.6. The van der Waals surface area contributed by atoms with E-state index in [1.807, 2.05) is 16.7 Å². The van der Waals surface area contributed by atoms with Gasteiger partial charge in [0, 0.05) is 16.8 Å². The number of fused-ring (bicyclic) bond motifs is 1. The highest BCUT2D eigenvalue weighted by molar-refractivity contribution is 14.2. The van der Waals surface area contributed by atoms with E-state index in [1.165, 1.54) is 7.11 Å². The van der Waals surface area contributed by atoms with E-state index in [0.29, 0.717) is 18.5 Å². The summed E-state index contributed by atoms with van der Waals surface area (Å²) < 4.78 is 6.49. The van der Waals surface area contributed by atoms with Gasteiger partial charge < -0.3 is 4.74 Å². The van der Waals surface area contributed by atoms with Crippen molar-refractivity contribution in [2.45, 2.75) is 11.3 Å². The first-order valence-electron chi connectivity index (χ1n) is 5.15. The third kappa shape index (κ3) is 3.13. The summed E-state index contributed by atoms with van der Waals surface area (Å²) in [6, 6.07) is 1.95. The number of carbonyl (C=O) groups excluding carboxylic acids is 1. The summed E-state index contributed by atoms with van der Waals surface area (Å²) >= 11 is 3.90. The van der Waals surface area contributed by atoms with Gasteiger partial charge in [0.05, 0.1) is 31.5 Å². The summed E-state index contributed by atoms with van der Waals surface area (Å²) in [6.07, 6.45) is 4.55. The third-order valence-corrected chi connectivity index (χ3v) is 5.24. The topological polar surface area (TPSA) is 57.0 Å². The number of hydrogen-bond acceptors (Lipinski definition) is 5. The Bertz CT molecular complexity index is 563. The normalized spacial score (nSPS) is 11.4. The van der Waals surface area contributed by atoms with E-state index in [9.17, 15) is 4.79 Å². The number of rotatable bonds is 5. The first kappa shape index (κ1) is 14.0. The van der Waals surface area contributed by atoms with E-state index in [1.54, 1.807) is 18.0 Å². The van der Waals surface area contributed by atoms with E-state index in [0.717, 1.165) is 15.9 Å². The van der Waals surface area contributed by atoms with Gasteiger partial charge in [0.15, 0.2) is 5.65 Å². The van der Waals surface area contributed by atoms with E-state index < -0.39 is 0 Å². The summed E-state index contributed by atoms with van der Waals surface area (Å²) in [5.41, 5.74) is 0.894. The van der Waals surface area contributed by atoms with Crippen LogP contribution in [0, 0.1) is 0 Å². The summed E-state index contributed by atoms with van der Waals surface area (Å²) in [4.78, 5) is 16.5. The Kier molecular flexibility index (Phi) is 5.20. The summed E-state index contributed by atoms with van der Waals surface area (Å²) in [5.74, 6) is 0.515. The predicted molar refractivity (Wildman–Crippen MR) is 82.6 cm³/mol. The number of carbonyl (C=O) groups is 1. The summed E-state index contributed by atoms with van der Waals surface area (Å²) in [6.45, 7) is 0. The number of aromatic nitrogens is 3. The zero-order chi connectivity index (χ0) is 13.0. The van der Waals surface area contributed by atoms with Crippen molar-refractivity contribution in [1.82, 2.24) is 14.5 Å². The Labute approximate surface area is 123 Å². The van der Waals surface area contributed by atoms with Gasteiger partial charge in [-0.3, -0.25) is 4.79 Å². The van der Waals surface area contributed by atoms with Crippen molar-refractivity contribution >= 4 is 57.2 Å². The molecule has 0 aromatic carbocycles. The van der Waals surface area contributed by atoms with Crippen molar-refractivity contribution in [1.29, 1.82) is 0 Å². The molecule has 5 nitrogen and oxygen atoms in total. The summed E-state index contributed by atoms with van der Waals surface area (Å²) in [5, 5.41) is 5.33. The number of halogens is 1. The van der Waals surface area contributed by atoms with E-state index >= 15 is 0 Å². The molecular formula is C10H11IN3O2PS. The smallest absolute Gasteiger partial charge is 0.306 e. The van der Waals surface area contributed by atoms with Gasteiger partial charge in [0.25, 0.3) is 0 Å². The van der Waals surface area contributed by atoms with Crippen molar-refractivity contribution in [2.24, 2.45) is 0 Å². The maximum absolute atomic E-state index is 11.1. The molecule has 0 saturated carbocycles. The molecule has 0 spiro atoms. The second kappa shape index (κ2) is 6.68. The highest BCUT2D eigenvalue weighted by Crippen LogP contribution is 2.32. The van der Waals surface area contributed by atoms with Crippen molar-refractivity contribution < 1.29 is 9.53 Å². The fourth-order valence-corrected chi connectivity index (χ4v) is 3.80. The average molecular weight is 395 g/mol. The van der Waals surface area contributed by atoms with Gasteiger partial charge >= 0.3 is 5.97 Å². The highest BCUT2D eigenvalue weighted by atomic mass is 127. The van der Waals surface area contributed by atoms with Gasteiger partial charge in [0.1, 0.15) is 0 Å². The van der Waals surface area contributed by atoms with Gasteiger partial charge in [-0.15, -0.1) is 11.8 Å². The van der Waals surface area contributed by atoms with E-state index in [4.69, 9.17) is 0 Å². The minimum Gasteiger partial charge on any atom is -0.469 e. The van der Waals surface area contributed by atoms with Crippen molar-refractivity contribution in [3.63, 3.8) is 0 Å². The number of pyridine rings is 1. The predicted octanol–water partition coefficient (Wildman–Crippen LogP) is 2.88. The van der Waals surface area contributed by atoms with Gasteiger partial charge in [-0.05, 0) is 28.1 Å². The minimum atomic E-state index is -0.183. The zero-order valence-electron chi connectivity index (χ0n) is 9.59. The molecule has 2 aromatic rings. The number of nitrogens with zero attached hydrogens (tertiary/aromatic N) is 3. The van der Waals surface area contributed by atoms with Gasteiger partial charge in [-0.25, -0.2) is 9.44 Å². The molecular weight excluding hydrogens is 384 g/mol. The van der Waals surface area contributed by atoms with Gasteiger partial charge in [0.2, 0.25) is 0 Å². The first-order valence-corrected chi connectivity index (χ1v) is 10.2. The number of methoxy groups -OCH3 is 1. The van der Waals surface area contributed by atoms with Crippen LogP contribution in [-0.4, -0.2) is 33.4 Å². The molecule has 0 aliphatic carbocycles. The highest BCUT2D eigenvalue weighted by Gasteiger charge is 2.09. The Hall–Kier alpha value is -0.400. The Morgan fingerprint density at radius 1 is 1.67 bits per heavy atom. The quantitative estimate of drug-likeness (QED) is 0.337. The van der Waals surface area contributed by atoms with Crippen LogP contribution in [0.3, 0.4) is 0 Å². The van der Waals surface area contributed by atoms with Gasteiger partial charge in [-0.2, -0.15) is 5.10 Å². The van der Waals surface area contributed by atoms with Crippen LogP contribution in [0.1, 0.15) is 6.42 Å². The molecule has 96 valence electrons. The Balaban J connectivity index is 2.13. The van der Waals surface area contributed by atoms with Crippen molar-refractivity contribution in [3.05, 3.63) is 18.5 Å². The van der Waals surface area contributed by atoms with Crippen molar-refractivity contribution in [3.8, 4) is 0 Å². The monoisotopic (exact) mass is 395 g/mol. The Morgan fingerprint density at radius 2 is 2.50 bits per heavy atom. The van der Waals surface area contributed by atoms with Crippen LogP contribution in [0.25, 0.3) is 11.0 Å². The van der Waals surface area contributed by atoms with Crippen LogP contribution in [0.4, 0.5) is 0 Å². The molecule has 0 aliphatic rings. The fraction of sp³-hybridized carbons (Fsp3) is 0.300. The molecule has 1 atom stereocenters. The second-order valence-electron chi connectivity index (χ2n) is 3.36. The molecule has 0 N–H and O–H groups in total. The molecule has 0 aliphatic heterocycles. The molecule has 0 fully saturated rings. The van der Waals surface area contributed by atoms with Crippen LogP contribution >= 0.6 is 40.2 Å². The minimum absolute atomic E-state index is 0.183. The molecule has 8 heteroatoms. The van der Waals surface area contributed by atoms with Crippen LogP contribution in [0.5, 0.6) is 0 Å². The van der Waals surface area contributed by atoms with Crippen molar-refractivity contribution in [2.75, 3.05) is 12.9 Å². The number of esters is 1. The molecule has 0 amide bonds. The number of hydrogen-bond donors (Lipinski definition) is 0. The first-order chi connectivity index (χ1) is 8.76. The van der Waals surface area contributed by atoms with Crippen LogP contribution in [0.2, 0.25) is 0 Å². The standard InChI is InChI=1S/C10H11IN3O2PS/c1-16-9(15)3-5-18-8-2-4-12-10-7(8)6-13-14(10)17-11/h2,4,6,17H,3,5H2,1H3. The molecule has 0 saturated heterocycles. The third-order valence-electron chi connectivity index (χ3n) is 2.30. The summed E-state index contributed by atoms with van der Waals surface area (Å²) in [7, 11) is 1.41. The van der Waals surface area contributed by atoms with Crippen LogP contribution in [-0.2, 0) is 9.53 Å². The SMILES string of the molecule is COC(=O)CCSc1ccnc2c1cnn2PI. The maximum atomic E-state index is 11.1. The molecule has 2 heterocycles. The molecule has 0 radical (unpaired) electrons. The lowest BCUT2D eigenvalue weighted by Gasteiger charge is -2.02. The largest absolute Gasteiger partial charge is 0.469 e.